The van der Waals surface area contributed by atoms with Gasteiger partial charge in [-0.15, -0.1) is 4.40 Å². The lowest BCUT2D eigenvalue weighted by Gasteiger charge is -2.52. The number of amides is 2. The van der Waals surface area contributed by atoms with Gasteiger partial charge in [0.25, 0.3) is 0 Å². The maximum absolute atomic E-state index is 13.9. The molecule has 3 heterocycles. The lowest BCUT2D eigenvalue weighted by atomic mass is 9.78. The van der Waals surface area contributed by atoms with Crippen LogP contribution in [0.4, 0.5) is 0 Å². The summed E-state index contributed by atoms with van der Waals surface area (Å²) in [5.41, 5.74) is 3.56. The number of amidine groups is 1. The van der Waals surface area contributed by atoms with Crippen molar-refractivity contribution in [3.8, 4) is 11.5 Å². The standard InChI is InChI=1S/C33H43N5O6S/c1-2-3-19-38-31(40)28(29(39)24-7-5-4-6-8-24)34-32(41)33(38)17-20-37(21-18-33)22-23-9-13-26(14-10-23)43-27-15-11-25(12-16-27)30-35-44-45(42)36-30/h9-16,24,28-29,39H,2-8,17-22H2,1H3,(H,34,41)(H,35,36)/t28-,29-,45?/m1/s1. The third kappa shape index (κ3) is 6.94. The Morgan fingerprint density at radius 2 is 1.71 bits per heavy atom. The Kier molecular flexibility index (Phi) is 9.84. The van der Waals surface area contributed by atoms with Crippen molar-refractivity contribution >= 4 is 28.9 Å². The predicted molar refractivity (Wildman–Crippen MR) is 170 cm³/mol. The number of benzene rings is 2. The zero-order valence-electron chi connectivity index (χ0n) is 25.8. The average molecular weight is 638 g/mol. The number of carbonyl (C=O) groups excluding carboxylic acids is 2. The van der Waals surface area contributed by atoms with E-state index in [1.165, 1.54) is 6.42 Å². The van der Waals surface area contributed by atoms with Crippen LogP contribution in [0.1, 0.15) is 75.8 Å². The van der Waals surface area contributed by atoms with Crippen molar-refractivity contribution < 1.29 is 27.9 Å². The van der Waals surface area contributed by atoms with E-state index in [0.717, 1.165) is 56.2 Å². The fourth-order valence-corrected chi connectivity index (χ4v) is 7.55. The van der Waals surface area contributed by atoms with Crippen LogP contribution < -0.4 is 15.5 Å². The molecule has 1 saturated carbocycles. The molecule has 0 bridgehead atoms. The highest BCUT2D eigenvalue weighted by molar-refractivity contribution is 7.79. The van der Waals surface area contributed by atoms with E-state index in [-0.39, 0.29) is 17.7 Å². The number of nitrogens with one attached hydrogen (secondary N) is 2. The lowest BCUT2D eigenvalue weighted by Crippen LogP contribution is -2.75. The van der Waals surface area contributed by atoms with E-state index in [1.54, 1.807) is 0 Å². The van der Waals surface area contributed by atoms with Crippen LogP contribution in [0, 0.1) is 5.92 Å². The molecule has 2 saturated heterocycles. The molecule has 3 aliphatic heterocycles. The highest BCUT2D eigenvalue weighted by Crippen LogP contribution is 2.36. The van der Waals surface area contributed by atoms with Gasteiger partial charge in [-0.25, -0.2) is 9.69 Å². The molecule has 3 fully saturated rings. The molecule has 1 spiro atoms. The number of rotatable bonds is 10. The molecule has 11 nitrogen and oxygen atoms in total. The fourth-order valence-electron chi connectivity index (χ4n) is 7.07. The number of hydroxylamine groups is 1. The zero-order valence-corrected chi connectivity index (χ0v) is 26.6. The third-order valence-electron chi connectivity index (χ3n) is 9.72. The van der Waals surface area contributed by atoms with Crippen LogP contribution in [0.5, 0.6) is 11.5 Å². The summed E-state index contributed by atoms with van der Waals surface area (Å²) >= 11 is -1.71. The normalized spacial score (nSPS) is 24.7. The van der Waals surface area contributed by atoms with Gasteiger partial charge >= 0.3 is 11.3 Å². The molecule has 6 rings (SSSR count). The number of aliphatic hydroxyl groups excluding tert-OH is 1. The van der Waals surface area contributed by atoms with E-state index >= 15 is 0 Å². The van der Waals surface area contributed by atoms with E-state index in [1.807, 2.05) is 53.4 Å². The quantitative estimate of drug-likeness (QED) is 0.359. The lowest BCUT2D eigenvalue weighted by molar-refractivity contribution is -0.166. The molecule has 1 aliphatic carbocycles. The second-order valence-corrected chi connectivity index (χ2v) is 13.4. The van der Waals surface area contributed by atoms with Crippen molar-refractivity contribution in [3.05, 3.63) is 59.7 Å². The summed E-state index contributed by atoms with van der Waals surface area (Å²) < 4.78 is 25.9. The number of aliphatic hydroxyl groups is 1. The SMILES string of the molecule is CCCCN1C(=O)[C@@H]([C@H](O)C2CCCCC2)NC(=O)C12CCN(Cc1ccc(Oc3ccc(C4=NS(=O)ON4)cc3)cc1)CC2. The predicted octanol–water partition coefficient (Wildman–Crippen LogP) is 3.74. The maximum atomic E-state index is 13.9. The Morgan fingerprint density at radius 3 is 2.33 bits per heavy atom. The topological polar surface area (TPSA) is 133 Å². The van der Waals surface area contributed by atoms with Crippen LogP contribution in [-0.2, 0) is 31.7 Å². The van der Waals surface area contributed by atoms with Gasteiger partial charge in [-0.1, -0.05) is 44.7 Å². The van der Waals surface area contributed by atoms with Crippen molar-refractivity contribution in [1.29, 1.82) is 0 Å². The number of hydrogen-bond donors (Lipinski definition) is 3. The van der Waals surface area contributed by atoms with E-state index in [0.29, 0.717) is 49.8 Å². The van der Waals surface area contributed by atoms with Crippen LogP contribution >= 0.6 is 0 Å². The third-order valence-corrected chi connectivity index (χ3v) is 10.3. The van der Waals surface area contributed by atoms with Crippen molar-refractivity contribution in [2.45, 2.75) is 88.9 Å². The van der Waals surface area contributed by atoms with Crippen LogP contribution in [0.15, 0.2) is 52.9 Å². The first kappa shape index (κ1) is 31.7. The summed E-state index contributed by atoms with van der Waals surface area (Å²) in [4.78, 5) is 31.8. The molecule has 0 radical (unpaired) electrons. The van der Waals surface area contributed by atoms with Crippen LogP contribution in [0.3, 0.4) is 0 Å². The van der Waals surface area contributed by atoms with Gasteiger partial charge < -0.3 is 20.1 Å². The molecule has 2 amide bonds. The Labute approximate surface area is 267 Å². The van der Waals surface area contributed by atoms with Gasteiger partial charge in [0.05, 0.1) is 6.10 Å². The molecule has 12 heteroatoms. The molecular formula is C33H43N5O6S. The molecule has 3 atom stereocenters. The van der Waals surface area contributed by atoms with Crippen molar-refractivity contribution in [2.24, 2.45) is 10.3 Å². The number of nitrogens with zero attached hydrogens (tertiary/aromatic N) is 3. The number of piperazine rings is 1. The fraction of sp³-hybridized carbons (Fsp3) is 0.545. The molecule has 2 aromatic carbocycles. The number of carbonyl (C=O) groups is 2. The largest absolute Gasteiger partial charge is 0.457 e. The summed E-state index contributed by atoms with van der Waals surface area (Å²) in [5, 5.41) is 14.2. The molecule has 4 aliphatic rings. The van der Waals surface area contributed by atoms with Gasteiger partial charge in [0.15, 0.2) is 5.84 Å². The van der Waals surface area contributed by atoms with Gasteiger partial charge in [0.2, 0.25) is 11.8 Å². The Bertz CT molecular complexity index is 1400. The molecular weight excluding hydrogens is 594 g/mol. The highest BCUT2D eigenvalue weighted by atomic mass is 32.2. The molecule has 3 N–H and O–H groups in total. The minimum absolute atomic E-state index is 0.0633. The average Bonchev–Trinajstić information content (AvgIpc) is 3.51. The summed E-state index contributed by atoms with van der Waals surface area (Å²) in [5.74, 6) is 1.62. The second kappa shape index (κ2) is 14.0. The Balaban J connectivity index is 1.05. The van der Waals surface area contributed by atoms with Crippen LogP contribution in [-0.4, -0.2) is 74.1 Å². The van der Waals surface area contributed by atoms with Crippen molar-refractivity contribution in [2.75, 3.05) is 19.6 Å². The molecule has 45 heavy (non-hydrogen) atoms. The van der Waals surface area contributed by atoms with Gasteiger partial charge in [-0.05, 0) is 80.0 Å². The molecule has 2 aromatic rings. The van der Waals surface area contributed by atoms with E-state index in [9.17, 15) is 18.9 Å². The number of ether oxygens (including phenoxy) is 1. The monoisotopic (exact) mass is 637 g/mol. The van der Waals surface area contributed by atoms with Crippen molar-refractivity contribution in [3.63, 3.8) is 0 Å². The minimum atomic E-state index is -1.71. The maximum Gasteiger partial charge on any atom is 0.309 e. The molecule has 242 valence electrons. The highest BCUT2D eigenvalue weighted by Gasteiger charge is 2.55. The van der Waals surface area contributed by atoms with Crippen LogP contribution in [0.2, 0.25) is 0 Å². The van der Waals surface area contributed by atoms with Gasteiger partial charge in [0, 0.05) is 31.7 Å². The first-order valence-electron chi connectivity index (χ1n) is 16.2. The summed E-state index contributed by atoms with van der Waals surface area (Å²) in [6, 6.07) is 14.4. The second-order valence-electron chi connectivity index (χ2n) is 12.6. The van der Waals surface area contributed by atoms with Crippen molar-refractivity contribution in [1.82, 2.24) is 20.6 Å². The number of likely N-dealkylation sites (tertiary alicyclic amines) is 1. The van der Waals surface area contributed by atoms with E-state index < -0.39 is 29.0 Å². The van der Waals surface area contributed by atoms with Crippen LogP contribution in [0.25, 0.3) is 0 Å². The van der Waals surface area contributed by atoms with Gasteiger partial charge in [-0.3, -0.25) is 14.5 Å². The number of hydrogen-bond acceptors (Lipinski definition) is 8. The Hall–Kier alpha value is -3.32. The summed E-state index contributed by atoms with van der Waals surface area (Å²) in [6.07, 6.45) is 7.19. The number of unbranched alkanes of at least 4 members (excludes halogenated alkanes) is 1. The van der Waals surface area contributed by atoms with E-state index in [4.69, 9.17) is 9.02 Å². The first-order valence-corrected chi connectivity index (χ1v) is 17.2. The zero-order chi connectivity index (χ0) is 31.4. The van der Waals surface area contributed by atoms with Gasteiger partial charge in [-0.2, -0.15) is 4.28 Å². The molecule has 0 aromatic heterocycles. The summed E-state index contributed by atoms with van der Waals surface area (Å²) in [7, 11) is 0. The smallest absolute Gasteiger partial charge is 0.309 e. The first-order chi connectivity index (χ1) is 21.9. The Morgan fingerprint density at radius 1 is 1.04 bits per heavy atom. The minimum Gasteiger partial charge on any atom is -0.457 e. The van der Waals surface area contributed by atoms with E-state index in [2.05, 4.69) is 27.0 Å². The summed E-state index contributed by atoms with van der Waals surface area (Å²) in [6.45, 7) is 4.76. The number of piperidine rings is 1. The van der Waals surface area contributed by atoms with Gasteiger partial charge in [0.1, 0.15) is 23.1 Å². The molecule has 1 unspecified atom stereocenters.